The lowest BCUT2D eigenvalue weighted by molar-refractivity contribution is 0.595. The Labute approximate surface area is 155 Å². The highest BCUT2D eigenvalue weighted by Gasteiger charge is 2.19. The van der Waals surface area contributed by atoms with Crippen LogP contribution in [-0.4, -0.2) is 8.42 Å². The predicted octanol–water partition coefficient (Wildman–Crippen LogP) is 4.89. The number of rotatable bonds is 6. The van der Waals surface area contributed by atoms with E-state index in [2.05, 4.69) is 17.4 Å². The molecule has 26 heavy (non-hydrogen) atoms. The van der Waals surface area contributed by atoms with Crippen molar-refractivity contribution in [1.29, 1.82) is 0 Å². The minimum atomic E-state index is -3.43. The van der Waals surface area contributed by atoms with Crippen LogP contribution in [0.15, 0.2) is 77.7 Å². The molecule has 0 aliphatic rings. The van der Waals surface area contributed by atoms with Gasteiger partial charge in [0.1, 0.15) is 0 Å². The molecule has 3 nitrogen and oxygen atoms in total. The maximum atomic E-state index is 12.9. The molecular formula is C22H23NO2S. The van der Waals surface area contributed by atoms with Crippen LogP contribution in [0.2, 0.25) is 0 Å². The fourth-order valence-electron chi connectivity index (χ4n) is 2.77. The van der Waals surface area contributed by atoms with Gasteiger partial charge in [-0.3, -0.25) is 0 Å². The maximum absolute atomic E-state index is 12.9. The molecule has 4 heteroatoms. The number of anilines is 1. The third kappa shape index (κ3) is 4.52. The summed E-state index contributed by atoms with van der Waals surface area (Å²) in [7, 11) is -3.43. The van der Waals surface area contributed by atoms with Crippen LogP contribution in [0.25, 0.3) is 0 Å². The van der Waals surface area contributed by atoms with Crippen molar-refractivity contribution in [3.8, 4) is 0 Å². The van der Waals surface area contributed by atoms with E-state index in [4.69, 9.17) is 0 Å². The largest absolute Gasteiger partial charge is 0.380 e. The van der Waals surface area contributed by atoms with Gasteiger partial charge in [-0.1, -0.05) is 71.8 Å². The van der Waals surface area contributed by atoms with Gasteiger partial charge >= 0.3 is 0 Å². The average Bonchev–Trinajstić information content (AvgIpc) is 2.63. The third-order valence-electron chi connectivity index (χ3n) is 4.30. The zero-order valence-electron chi connectivity index (χ0n) is 15.1. The first-order chi connectivity index (χ1) is 12.4. The predicted molar refractivity (Wildman–Crippen MR) is 107 cm³/mol. The van der Waals surface area contributed by atoms with Gasteiger partial charge < -0.3 is 5.32 Å². The first-order valence-corrected chi connectivity index (χ1v) is 10.3. The lowest BCUT2D eigenvalue weighted by Crippen LogP contribution is -2.09. The van der Waals surface area contributed by atoms with Crippen LogP contribution in [-0.2, 0) is 22.1 Å². The number of aryl methyl sites for hydroxylation is 2. The standard InChI is InChI=1S/C22H23NO2S/c1-17-7-11-19(12-8-17)15-23-21-5-3-4-6-22(21)26(24,25)16-20-13-9-18(2)10-14-20/h3-14,23H,15-16H2,1-2H3. The van der Waals surface area contributed by atoms with Gasteiger partial charge in [0, 0.05) is 6.54 Å². The summed E-state index contributed by atoms with van der Waals surface area (Å²) >= 11 is 0. The van der Waals surface area contributed by atoms with Gasteiger partial charge in [0.15, 0.2) is 9.84 Å². The van der Waals surface area contributed by atoms with Crippen molar-refractivity contribution in [1.82, 2.24) is 0 Å². The number of sulfone groups is 1. The van der Waals surface area contributed by atoms with Crippen LogP contribution in [0, 0.1) is 13.8 Å². The smallest absolute Gasteiger partial charge is 0.184 e. The number of hydrogen-bond donors (Lipinski definition) is 1. The monoisotopic (exact) mass is 365 g/mol. The Morgan fingerprint density at radius 1 is 0.731 bits per heavy atom. The van der Waals surface area contributed by atoms with Crippen LogP contribution in [0.5, 0.6) is 0 Å². The van der Waals surface area contributed by atoms with Gasteiger partial charge in [-0.25, -0.2) is 8.42 Å². The molecule has 0 heterocycles. The van der Waals surface area contributed by atoms with Crippen LogP contribution >= 0.6 is 0 Å². The Morgan fingerprint density at radius 2 is 1.27 bits per heavy atom. The van der Waals surface area contributed by atoms with E-state index in [9.17, 15) is 8.42 Å². The number of para-hydroxylation sites is 1. The van der Waals surface area contributed by atoms with E-state index in [0.717, 1.165) is 16.7 Å². The second kappa shape index (κ2) is 7.75. The highest BCUT2D eigenvalue weighted by atomic mass is 32.2. The van der Waals surface area contributed by atoms with Gasteiger partial charge in [0.2, 0.25) is 0 Å². The van der Waals surface area contributed by atoms with Crippen molar-refractivity contribution in [2.75, 3.05) is 5.32 Å². The lowest BCUT2D eigenvalue weighted by Gasteiger charge is -2.13. The minimum Gasteiger partial charge on any atom is -0.380 e. The molecule has 0 aliphatic heterocycles. The molecule has 0 bridgehead atoms. The molecule has 0 spiro atoms. The Kier molecular flexibility index (Phi) is 5.43. The Bertz CT molecular complexity index is 975. The van der Waals surface area contributed by atoms with Crippen molar-refractivity contribution in [2.45, 2.75) is 31.0 Å². The molecule has 0 unspecified atom stereocenters. The van der Waals surface area contributed by atoms with Gasteiger partial charge in [0.25, 0.3) is 0 Å². The molecule has 0 fully saturated rings. The van der Waals surface area contributed by atoms with Crippen LogP contribution in [0.3, 0.4) is 0 Å². The van der Waals surface area contributed by atoms with Gasteiger partial charge in [0.05, 0.1) is 16.3 Å². The SMILES string of the molecule is Cc1ccc(CNc2ccccc2S(=O)(=O)Cc2ccc(C)cc2)cc1. The summed E-state index contributed by atoms with van der Waals surface area (Å²) in [6.07, 6.45) is 0. The molecule has 0 aliphatic carbocycles. The van der Waals surface area contributed by atoms with E-state index in [-0.39, 0.29) is 5.75 Å². The summed E-state index contributed by atoms with van der Waals surface area (Å²) < 4.78 is 25.8. The van der Waals surface area contributed by atoms with Crippen molar-refractivity contribution >= 4 is 15.5 Å². The number of benzene rings is 3. The van der Waals surface area contributed by atoms with Crippen LogP contribution in [0.4, 0.5) is 5.69 Å². The molecule has 3 aromatic rings. The Hall–Kier alpha value is -2.59. The average molecular weight is 365 g/mol. The second-order valence-corrected chi connectivity index (χ2v) is 8.54. The van der Waals surface area contributed by atoms with Gasteiger partial charge in [-0.2, -0.15) is 0 Å². The van der Waals surface area contributed by atoms with Crippen molar-refractivity contribution in [2.24, 2.45) is 0 Å². The number of hydrogen-bond acceptors (Lipinski definition) is 3. The Balaban J connectivity index is 1.81. The summed E-state index contributed by atoms with van der Waals surface area (Å²) in [6.45, 7) is 4.62. The molecular weight excluding hydrogens is 342 g/mol. The van der Waals surface area contributed by atoms with Crippen LogP contribution in [0.1, 0.15) is 22.3 Å². The van der Waals surface area contributed by atoms with Crippen LogP contribution < -0.4 is 5.32 Å². The summed E-state index contributed by atoms with van der Waals surface area (Å²) in [6, 6.07) is 22.9. The van der Waals surface area contributed by atoms with E-state index < -0.39 is 9.84 Å². The molecule has 3 aromatic carbocycles. The topological polar surface area (TPSA) is 46.2 Å². The van der Waals surface area contributed by atoms with E-state index in [1.807, 2.05) is 62.4 Å². The quantitative estimate of drug-likeness (QED) is 0.676. The number of nitrogens with one attached hydrogen (secondary N) is 1. The lowest BCUT2D eigenvalue weighted by atomic mass is 10.1. The minimum absolute atomic E-state index is 0.00347. The van der Waals surface area contributed by atoms with Gasteiger partial charge in [-0.15, -0.1) is 0 Å². The first-order valence-electron chi connectivity index (χ1n) is 8.61. The van der Waals surface area contributed by atoms with E-state index >= 15 is 0 Å². The summed E-state index contributed by atoms with van der Waals surface area (Å²) in [5.74, 6) is -0.00347. The highest BCUT2D eigenvalue weighted by Crippen LogP contribution is 2.25. The Morgan fingerprint density at radius 3 is 1.88 bits per heavy atom. The fraction of sp³-hybridized carbons (Fsp3) is 0.182. The highest BCUT2D eigenvalue weighted by molar-refractivity contribution is 7.90. The molecule has 0 aromatic heterocycles. The fourth-order valence-corrected chi connectivity index (χ4v) is 4.32. The molecule has 0 saturated heterocycles. The second-order valence-electron chi connectivity index (χ2n) is 6.58. The normalized spacial score (nSPS) is 11.3. The van der Waals surface area contributed by atoms with Crippen molar-refractivity contribution in [3.05, 3.63) is 95.1 Å². The molecule has 3 rings (SSSR count). The molecule has 0 radical (unpaired) electrons. The summed E-state index contributed by atoms with van der Waals surface area (Å²) in [5.41, 5.74) is 4.87. The maximum Gasteiger partial charge on any atom is 0.184 e. The van der Waals surface area contributed by atoms with E-state index in [1.165, 1.54) is 5.56 Å². The summed E-state index contributed by atoms with van der Waals surface area (Å²) in [5, 5.41) is 3.27. The molecule has 1 N–H and O–H groups in total. The van der Waals surface area contributed by atoms with Crippen molar-refractivity contribution in [3.63, 3.8) is 0 Å². The zero-order valence-corrected chi connectivity index (χ0v) is 15.9. The van der Waals surface area contributed by atoms with E-state index in [1.54, 1.807) is 12.1 Å². The molecule has 0 saturated carbocycles. The van der Waals surface area contributed by atoms with Gasteiger partial charge in [-0.05, 0) is 37.1 Å². The summed E-state index contributed by atoms with van der Waals surface area (Å²) in [4.78, 5) is 0.340. The zero-order chi connectivity index (χ0) is 18.6. The van der Waals surface area contributed by atoms with E-state index in [0.29, 0.717) is 17.1 Å². The molecule has 0 atom stereocenters. The molecule has 0 amide bonds. The first kappa shape index (κ1) is 18.2. The third-order valence-corrected chi connectivity index (χ3v) is 6.04. The van der Waals surface area contributed by atoms with Crippen molar-refractivity contribution < 1.29 is 8.42 Å². The molecule has 134 valence electrons.